The van der Waals surface area contributed by atoms with Crippen LogP contribution in [0.1, 0.15) is 38.5 Å². The van der Waals surface area contributed by atoms with Crippen LogP contribution >= 0.6 is 0 Å². The van der Waals surface area contributed by atoms with E-state index in [1.807, 2.05) is 0 Å². The van der Waals surface area contributed by atoms with Crippen LogP contribution in [0.4, 0.5) is 0 Å². The van der Waals surface area contributed by atoms with Gasteiger partial charge in [-0.1, -0.05) is 0 Å². The molecule has 0 amide bonds. The summed E-state index contributed by atoms with van der Waals surface area (Å²) in [6.45, 7) is 3.91. The third-order valence-electron chi connectivity index (χ3n) is 4.55. The highest BCUT2D eigenvalue weighted by Crippen LogP contribution is 2.31. The van der Waals surface area contributed by atoms with Crippen LogP contribution in [0.15, 0.2) is 0 Å². The van der Waals surface area contributed by atoms with Crippen LogP contribution < -0.4 is 11.1 Å². The first-order valence-corrected chi connectivity index (χ1v) is 7.04. The molecule has 3 atom stereocenters. The molecule has 1 aliphatic heterocycles. The summed E-state index contributed by atoms with van der Waals surface area (Å²) in [4.78, 5) is 2.70. The van der Waals surface area contributed by atoms with Gasteiger partial charge in [-0.2, -0.15) is 0 Å². The Morgan fingerprint density at radius 1 is 1.12 bits per heavy atom. The van der Waals surface area contributed by atoms with E-state index in [9.17, 15) is 0 Å². The Morgan fingerprint density at radius 3 is 2.69 bits per heavy atom. The summed E-state index contributed by atoms with van der Waals surface area (Å²) in [5.74, 6) is 0.900. The molecule has 3 N–H and O–H groups in total. The molecule has 2 aliphatic carbocycles. The van der Waals surface area contributed by atoms with Crippen molar-refractivity contribution in [3.05, 3.63) is 0 Å². The van der Waals surface area contributed by atoms with Crippen LogP contribution in [-0.4, -0.2) is 42.7 Å². The first-order chi connectivity index (χ1) is 7.81. The molecule has 0 aromatic heterocycles. The number of nitrogens with zero attached hydrogens (tertiary/aromatic N) is 1. The van der Waals surface area contributed by atoms with Crippen molar-refractivity contribution >= 4 is 0 Å². The zero-order chi connectivity index (χ0) is 11.0. The Labute approximate surface area is 98.8 Å². The Morgan fingerprint density at radius 2 is 2.00 bits per heavy atom. The van der Waals surface area contributed by atoms with Crippen molar-refractivity contribution in [2.24, 2.45) is 11.7 Å². The van der Waals surface area contributed by atoms with Crippen LogP contribution in [0.25, 0.3) is 0 Å². The Kier molecular flexibility index (Phi) is 3.18. The molecule has 0 aromatic rings. The van der Waals surface area contributed by atoms with E-state index in [0.29, 0.717) is 12.1 Å². The second kappa shape index (κ2) is 4.63. The first-order valence-electron chi connectivity index (χ1n) is 7.04. The highest BCUT2D eigenvalue weighted by Gasteiger charge is 2.34. The van der Waals surface area contributed by atoms with Crippen LogP contribution in [-0.2, 0) is 0 Å². The van der Waals surface area contributed by atoms with Gasteiger partial charge in [-0.15, -0.1) is 0 Å². The number of nitrogens with one attached hydrogen (secondary N) is 1. The molecule has 0 aromatic carbocycles. The zero-order valence-electron chi connectivity index (χ0n) is 10.2. The summed E-state index contributed by atoms with van der Waals surface area (Å²) in [5, 5.41) is 3.73. The average Bonchev–Trinajstić information content (AvgIpc) is 2.87. The van der Waals surface area contributed by atoms with Gasteiger partial charge in [0.05, 0.1) is 0 Å². The van der Waals surface area contributed by atoms with Gasteiger partial charge in [0.25, 0.3) is 0 Å². The van der Waals surface area contributed by atoms with Gasteiger partial charge in [-0.05, 0) is 57.5 Å². The highest BCUT2D eigenvalue weighted by atomic mass is 15.2. The maximum atomic E-state index is 5.93. The topological polar surface area (TPSA) is 41.3 Å². The second-order valence-corrected chi connectivity index (χ2v) is 6.06. The molecule has 1 heterocycles. The van der Waals surface area contributed by atoms with Crippen molar-refractivity contribution < 1.29 is 0 Å². The average molecular weight is 223 g/mol. The predicted octanol–water partition coefficient (Wildman–Crippen LogP) is 0.940. The van der Waals surface area contributed by atoms with Crippen LogP contribution in [0.5, 0.6) is 0 Å². The quantitative estimate of drug-likeness (QED) is 0.745. The lowest BCUT2D eigenvalue weighted by atomic mass is 10.1. The monoisotopic (exact) mass is 223 g/mol. The largest absolute Gasteiger partial charge is 0.328 e. The molecule has 3 nitrogen and oxygen atoms in total. The van der Waals surface area contributed by atoms with E-state index in [-0.39, 0.29) is 0 Å². The molecule has 92 valence electrons. The minimum atomic E-state index is 0.462. The molecule has 1 saturated heterocycles. The van der Waals surface area contributed by atoms with E-state index in [0.717, 1.165) is 12.0 Å². The summed E-state index contributed by atoms with van der Waals surface area (Å²) >= 11 is 0. The van der Waals surface area contributed by atoms with Crippen molar-refractivity contribution in [3.8, 4) is 0 Å². The zero-order valence-corrected chi connectivity index (χ0v) is 10.2. The fraction of sp³-hybridized carbons (Fsp3) is 1.00. The van der Waals surface area contributed by atoms with E-state index < -0.39 is 0 Å². The Hall–Kier alpha value is -0.120. The SMILES string of the molecule is NC1CCC(NCC2CCN(C3CC3)C2)C1. The molecule has 3 unspecified atom stereocenters. The van der Waals surface area contributed by atoms with Crippen molar-refractivity contribution in [1.29, 1.82) is 0 Å². The maximum absolute atomic E-state index is 5.93. The fourth-order valence-electron chi connectivity index (χ4n) is 3.34. The molecule has 16 heavy (non-hydrogen) atoms. The standard InChI is InChI=1S/C13H25N3/c14-11-1-2-12(7-11)15-8-10-5-6-16(9-10)13-3-4-13/h10-13,15H,1-9,14H2. The van der Waals surface area contributed by atoms with Gasteiger partial charge >= 0.3 is 0 Å². The predicted molar refractivity (Wildman–Crippen MR) is 66.3 cm³/mol. The second-order valence-electron chi connectivity index (χ2n) is 6.06. The van der Waals surface area contributed by atoms with Gasteiger partial charge in [0, 0.05) is 24.7 Å². The number of hydrogen-bond donors (Lipinski definition) is 2. The minimum Gasteiger partial charge on any atom is -0.328 e. The highest BCUT2D eigenvalue weighted by molar-refractivity contribution is 4.91. The number of hydrogen-bond acceptors (Lipinski definition) is 3. The summed E-state index contributed by atoms with van der Waals surface area (Å²) < 4.78 is 0. The molecule has 3 aliphatic rings. The van der Waals surface area contributed by atoms with E-state index in [1.54, 1.807) is 0 Å². The Bertz CT molecular complexity index is 239. The van der Waals surface area contributed by atoms with Gasteiger partial charge < -0.3 is 16.0 Å². The van der Waals surface area contributed by atoms with Gasteiger partial charge in [0.15, 0.2) is 0 Å². The third-order valence-corrected chi connectivity index (χ3v) is 4.55. The molecule has 0 radical (unpaired) electrons. The minimum absolute atomic E-state index is 0.462. The van der Waals surface area contributed by atoms with E-state index in [2.05, 4.69) is 10.2 Å². The van der Waals surface area contributed by atoms with Gasteiger partial charge in [-0.3, -0.25) is 0 Å². The molecular formula is C13H25N3. The lowest BCUT2D eigenvalue weighted by Crippen LogP contribution is -2.34. The molecule has 3 rings (SSSR count). The summed E-state index contributed by atoms with van der Waals surface area (Å²) in [6.07, 6.45) is 8.02. The van der Waals surface area contributed by atoms with E-state index in [1.165, 1.54) is 58.2 Å². The smallest absolute Gasteiger partial charge is 0.00965 e. The number of nitrogens with two attached hydrogens (primary N) is 1. The third kappa shape index (κ3) is 2.58. The molecule has 3 heteroatoms. The summed E-state index contributed by atoms with van der Waals surface area (Å²) in [5.41, 5.74) is 5.93. The number of rotatable bonds is 4. The van der Waals surface area contributed by atoms with Gasteiger partial charge in [0.2, 0.25) is 0 Å². The van der Waals surface area contributed by atoms with Crippen LogP contribution in [0.3, 0.4) is 0 Å². The lowest BCUT2D eigenvalue weighted by molar-refractivity contribution is 0.309. The fourth-order valence-corrected chi connectivity index (χ4v) is 3.34. The molecule has 2 saturated carbocycles. The molecular weight excluding hydrogens is 198 g/mol. The van der Waals surface area contributed by atoms with Crippen molar-refractivity contribution in [1.82, 2.24) is 10.2 Å². The van der Waals surface area contributed by atoms with Crippen molar-refractivity contribution in [3.63, 3.8) is 0 Å². The summed E-state index contributed by atoms with van der Waals surface area (Å²) in [6, 6.07) is 2.14. The van der Waals surface area contributed by atoms with Gasteiger partial charge in [-0.25, -0.2) is 0 Å². The maximum Gasteiger partial charge on any atom is 0.00965 e. The van der Waals surface area contributed by atoms with Crippen LogP contribution in [0, 0.1) is 5.92 Å². The first kappa shape index (κ1) is 11.0. The van der Waals surface area contributed by atoms with E-state index >= 15 is 0 Å². The van der Waals surface area contributed by atoms with E-state index in [4.69, 9.17) is 5.73 Å². The summed E-state index contributed by atoms with van der Waals surface area (Å²) in [7, 11) is 0. The van der Waals surface area contributed by atoms with Crippen molar-refractivity contribution in [2.45, 2.75) is 56.7 Å². The van der Waals surface area contributed by atoms with Gasteiger partial charge in [0.1, 0.15) is 0 Å². The number of likely N-dealkylation sites (tertiary alicyclic amines) is 1. The molecule has 0 spiro atoms. The Balaban J connectivity index is 1.36. The molecule has 3 fully saturated rings. The lowest BCUT2D eigenvalue weighted by Gasteiger charge is -2.17. The van der Waals surface area contributed by atoms with Crippen molar-refractivity contribution in [2.75, 3.05) is 19.6 Å². The molecule has 0 bridgehead atoms. The van der Waals surface area contributed by atoms with Crippen LogP contribution in [0.2, 0.25) is 0 Å². The normalized spacial score (nSPS) is 40.7.